The first-order valence-electron chi connectivity index (χ1n) is 8.42. The molecule has 0 unspecified atom stereocenters. The summed E-state index contributed by atoms with van der Waals surface area (Å²) < 4.78 is 38.6. The fourth-order valence-electron chi connectivity index (χ4n) is 2.77. The molecule has 0 saturated heterocycles. The number of fused-ring (bicyclic) bond motifs is 3. The summed E-state index contributed by atoms with van der Waals surface area (Å²) in [6.45, 7) is 1.73. The third kappa shape index (κ3) is 3.91. The van der Waals surface area contributed by atoms with E-state index in [2.05, 4.69) is 15.0 Å². The Labute approximate surface area is 162 Å². The van der Waals surface area contributed by atoms with Crippen molar-refractivity contribution in [1.29, 1.82) is 0 Å². The molecular weight excluding hydrogens is 391 g/mol. The fraction of sp³-hybridized carbons (Fsp3) is 0.333. The van der Waals surface area contributed by atoms with Crippen LogP contribution in [-0.2, 0) is 0 Å². The molecule has 3 aromatic rings. The molecule has 0 radical (unpaired) electrons. The van der Waals surface area contributed by atoms with E-state index in [1.165, 1.54) is 34.6 Å². The average Bonchev–Trinajstić information content (AvgIpc) is 3.01. The quantitative estimate of drug-likeness (QED) is 0.590. The van der Waals surface area contributed by atoms with Gasteiger partial charge < -0.3 is 4.90 Å². The Morgan fingerprint density at radius 2 is 2.00 bits per heavy atom. The summed E-state index contributed by atoms with van der Waals surface area (Å²) in [5.74, 6) is 0.669. The van der Waals surface area contributed by atoms with Crippen LogP contribution in [-0.4, -0.2) is 39.8 Å². The number of halogens is 3. The standard InChI is InChI=1S/C18H18F3N5OS/c1-4-11(7-5-6-8-18(19,20)21)26-10-24-13-12-15(25(2)3)22-9-23-16(12)28-14(13)17(26)27/h4-6,9-10H,7-8H2,1-3H3/b6-5-,11-4+. The molecule has 3 aromatic heterocycles. The van der Waals surface area contributed by atoms with Crippen molar-refractivity contribution in [3.63, 3.8) is 0 Å². The van der Waals surface area contributed by atoms with Gasteiger partial charge in [0.2, 0.25) is 0 Å². The molecule has 3 rings (SSSR count). The van der Waals surface area contributed by atoms with Gasteiger partial charge in [0.25, 0.3) is 5.56 Å². The summed E-state index contributed by atoms with van der Waals surface area (Å²) in [5.41, 5.74) is 0.790. The fourth-order valence-corrected chi connectivity index (χ4v) is 3.79. The van der Waals surface area contributed by atoms with Gasteiger partial charge in [-0.2, -0.15) is 13.2 Å². The minimum atomic E-state index is -4.24. The monoisotopic (exact) mass is 409 g/mol. The molecular formula is C18H18F3N5OS. The third-order valence-corrected chi connectivity index (χ3v) is 5.14. The van der Waals surface area contributed by atoms with Crippen LogP contribution in [0.25, 0.3) is 26.1 Å². The summed E-state index contributed by atoms with van der Waals surface area (Å²) in [6, 6.07) is 0. The summed E-state index contributed by atoms with van der Waals surface area (Å²) in [7, 11) is 3.69. The highest BCUT2D eigenvalue weighted by atomic mass is 32.1. The largest absolute Gasteiger partial charge is 0.392 e. The van der Waals surface area contributed by atoms with E-state index >= 15 is 0 Å². The van der Waals surface area contributed by atoms with Crippen molar-refractivity contribution in [1.82, 2.24) is 19.5 Å². The topological polar surface area (TPSA) is 63.9 Å². The summed E-state index contributed by atoms with van der Waals surface area (Å²) >= 11 is 1.23. The Kier molecular flexibility index (Phi) is 5.50. The van der Waals surface area contributed by atoms with Crippen LogP contribution in [0, 0.1) is 0 Å². The maximum atomic E-state index is 13.0. The number of anilines is 1. The van der Waals surface area contributed by atoms with Gasteiger partial charge in [-0.25, -0.2) is 15.0 Å². The smallest absolute Gasteiger partial charge is 0.362 e. The van der Waals surface area contributed by atoms with Crippen LogP contribution in [0.3, 0.4) is 0 Å². The lowest BCUT2D eigenvalue weighted by Gasteiger charge is -2.11. The molecule has 10 heteroatoms. The molecule has 0 saturated carbocycles. The Balaban J connectivity index is 2.04. The molecule has 0 spiro atoms. The van der Waals surface area contributed by atoms with Crippen molar-refractivity contribution in [2.24, 2.45) is 0 Å². The van der Waals surface area contributed by atoms with E-state index in [1.54, 1.807) is 13.0 Å². The van der Waals surface area contributed by atoms with Crippen molar-refractivity contribution in [2.45, 2.75) is 25.9 Å². The molecule has 148 valence electrons. The Hall–Kier alpha value is -2.75. The molecule has 0 aliphatic rings. The Bertz CT molecular complexity index is 1130. The van der Waals surface area contributed by atoms with Crippen molar-refractivity contribution in [3.8, 4) is 0 Å². The van der Waals surface area contributed by atoms with Gasteiger partial charge in [0.05, 0.1) is 11.8 Å². The van der Waals surface area contributed by atoms with Crippen LogP contribution < -0.4 is 10.5 Å². The lowest BCUT2D eigenvalue weighted by molar-refractivity contribution is -0.125. The van der Waals surface area contributed by atoms with Crippen molar-refractivity contribution in [2.75, 3.05) is 19.0 Å². The Morgan fingerprint density at radius 1 is 1.25 bits per heavy atom. The van der Waals surface area contributed by atoms with Gasteiger partial charge in [0.15, 0.2) is 0 Å². The predicted molar refractivity (Wildman–Crippen MR) is 106 cm³/mol. The first kappa shape index (κ1) is 20.0. The normalized spacial score (nSPS) is 13.1. The lowest BCUT2D eigenvalue weighted by atomic mass is 10.2. The summed E-state index contributed by atoms with van der Waals surface area (Å²) in [4.78, 5) is 28.4. The molecule has 0 aromatic carbocycles. The zero-order valence-corrected chi connectivity index (χ0v) is 16.3. The van der Waals surface area contributed by atoms with Crippen LogP contribution in [0.5, 0.6) is 0 Å². The van der Waals surface area contributed by atoms with Crippen LogP contribution in [0.4, 0.5) is 19.0 Å². The maximum absolute atomic E-state index is 13.0. The third-order valence-electron chi connectivity index (χ3n) is 4.07. The van der Waals surface area contributed by atoms with Crippen LogP contribution in [0.2, 0.25) is 0 Å². The molecule has 0 atom stereocenters. The number of allylic oxidation sites excluding steroid dienone is 4. The number of hydrogen-bond acceptors (Lipinski definition) is 6. The van der Waals surface area contributed by atoms with E-state index in [-0.39, 0.29) is 12.0 Å². The SMILES string of the molecule is C/C=C(\C/C=C\CC(F)(F)F)n1cnc2c(sc3ncnc(N(C)C)c32)c1=O. The van der Waals surface area contributed by atoms with Crippen LogP contribution in [0.1, 0.15) is 19.8 Å². The molecule has 0 amide bonds. The molecule has 0 N–H and O–H groups in total. The van der Waals surface area contributed by atoms with E-state index in [1.807, 2.05) is 19.0 Å². The molecule has 0 aliphatic carbocycles. The molecule has 6 nitrogen and oxygen atoms in total. The highest BCUT2D eigenvalue weighted by Crippen LogP contribution is 2.33. The van der Waals surface area contributed by atoms with E-state index in [9.17, 15) is 18.0 Å². The van der Waals surface area contributed by atoms with Crippen molar-refractivity contribution < 1.29 is 13.2 Å². The minimum Gasteiger partial charge on any atom is -0.362 e. The zero-order valence-electron chi connectivity index (χ0n) is 15.5. The van der Waals surface area contributed by atoms with Crippen LogP contribution in [0.15, 0.2) is 35.7 Å². The molecule has 28 heavy (non-hydrogen) atoms. The van der Waals surface area contributed by atoms with Gasteiger partial charge >= 0.3 is 6.18 Å². The van der Waals surface area contributed by atoms with Gasteiger partial charge in [0.1, 0.15) is 33.5 Å². The van der Waals surface area contributed by atoms with Gasteiger partial charge in [-0.05, 0) is 6.92 Å². The van der Waals surface area contributed by atoms with E-state index in [0.29, 0.717) is 31.9 Å². The van der Waals surface area contributed by atoms with E-state index < -0.39 is 12.6 Å². The minimum absolute atomic E-state index is 0.188. The average molecular weight is 409 g/mol. The summed E-state index contributed by atoms with van der Waals surface area (Å²) in [6.07, 6.45) is 1.92. The second-order valence-corrected chi connectivity index (χ2v) is 7.25. The highest BCUT2D eigenvalue weighted by molar-refractivity contribution is 7.25. The van der Waals surface area contributed by atoms with Crippen molar-refractivity contribution in [3.05, 3.63) is 41.2 Å². The van der Waals surface area contributed by atoms with E-state index in [4.69, 9.17) is 0 Å². The summed E-state index contributed by atoms with van der Waals surface area (Å²) in [5, 5.41) is 0.712. The maximum Gasteiger partial charge on any atom is 0.392 e. The molecule has 0 fully saturated rings. The number of thiophene rings is 1. The first-order valence-corrected chi connectivity index (χ1v) is 9.24. The molecule has 3 heterocycles. The van der Waals surface area contributed by atoms with Gasteiger partial charge in [-0.3, -0.25) is 9.36 Å². The highest BCUT2D eigenvalue weighted by Gasteiger charge is 2.24. The first-order chi connectivity index (χ1) is 13.2. The number of rotatable bonds is 5. The van der Waals surface area contributed by atoms with Gasteiger partial charge in [-0.15, -0.1) is 11.3 Å². The number of hydrogen-bond donors (Lipinski definition) is 0. The Morgan fingerprint density at radius 3 is 2.64 bits per heavy atom. The number of nitrogens with zero attached hydrogens (tertiary/aromatic N) is 5. The predicted octanol–water partition coefficient (Wildman–Crippen LogP) is 4.23. The number of aromatic nitrogens is 4. The van der Waals surface area contributed by atoms with Crippen molar-refractivity contribution >= 4 is 43.3 Å². The lowest BCUT2D eigenvalue weighted by Crippen LogP contribution is -2.19. The van der Waals surface area contributed by atoms with Gasteiger partial charge in [-0.1, -0.05) is 18.2 Å². The second-order valence-electron chi connectivity index (χ2n) is 6.25. The van der Waals surface area contributed by atoms with E-state index in [0.717, 1.165) is 6.08 Å². The van der Waals surface area contributed by atoms with Gasteiger partial charge in [0, 0.05) is 26.2 Å². The molecule has 0 aliphatic heterocycles. The van der Waals surface area contributed by atoms with Crippen LogP contribution >= 0.6 is 11.3 Å². The zero-order chi connectivity index (χ0) is 20.5. The number of alkyl halides is 3. The second kappa shape index (κ2) is 7.70. The molecule has 0 bridgehead atoms.